The van der Waals surface area contributed by atoms with Crippen LogP contribution in [0.2, 0.25) is 5.02 Å². The van der Waals surface area contributed by atoms with Gasteiger partial charge in [0, 0.05) is 37.8 Å². The van der Waals surface area contributed by atoms with Crippen LogP contribution in [-0.4, -0.2) is 49.3 Å². The smallest absolute Gasteiger partial charge is 0.251 e. The van der Waals surface area contributed by atoms with E-state index in [2.05, 4.69) is 5.32 Å². The largest absolute Gasteiger partial charge is 0.355 e. The molecule has 0 heterocycles. The maximum absolute atomic E-state index is 12.4. The molecule has 2 aromatic rings. The normalized spacial score (nSPS) is 10.7. The van der Waals surface area contributed by atoms with Crippen LogP contribution in [-0.2, 0) is 17.9 Å². The van der Waals surface area contributed by atoms with E-state index in [1.807, 2.05) is 48.3 Å². The number of hydrogen-bond acceptors (Lipinski definition) is 3. The Balaban J connectivity index is 1.87. The van der Waals surface area contributed by atoms with Crippen molar-refractivity contribution in [2.75, 3.05) is 27.7 Å². The van der Waals surface area contributed by atoms with Gasteiger partial charge in [0.25, 0.3) is 5.91 Å². The molecule has 0 radical (unpaired) electrons. The lowest BCUT2D eigenvalue weighted by Crippen LogP contribution is -2.36. The summed E-state index contributed by atoms with van der Waals surface area (Å²) >= 11 is 5.99. The average molecular weight is 374 g/mol. The van der Waals surface area contributed by atoms with E-state index in [0.29, 0.717) is 30.2 Å². The number of rotatable bonds is 7. The maximum Gasteiger partial charge on any atom is 0.251 e. The summed E-state index contributed by atoms with van der Waals surface area (Å²) in [5.74, 6) is -0.0721. The van der Waals surface area contributed by atoms with Crippen LogP contribution in [0.4, 0.5) is 0 Å². The lowest BCUT2D eigenvalue weighted by Gasteiger charge is -2.22. The summed E-state index contributed by atoms with van der Waals surface area (Å²) in [6.45, 7) is 1.47. The molecule has 0 spiro atoms. The van der Waals surface area contributed by atoms with Gasteiger partial charge in [-0.1, -0.05) is 35.9 Å². The van der Waals surface area contributed by atoms with E-state index < -0.39 is 0 Å². The van der Waals surface area contributed by atoms with Crippen LogP contribution in [0.1, 0.15) is 21.5 Å². The second-order valence-corrected chi connectivity index (χ2v) is 6.76. The van der Waals surface area contributed by atoms with Crippen LogP contribution in [0.5, 0.6) is 0 Å². The van der Waals surface area contributed by atoms with E-state index in [0.717, 1.165) is 11.1 Å². The number of halogens is 1. The third kappa shape index (κ3) is 5.86. The molecule has 0 aliphatic carbocycles. The summed E-state index contributed by atoms with van der Waals surface area (Å²) in [4.78, 5) is 27.6. The Morgan fingerprint density at radius 1 is 1.00 bits per heavy atom. The number of amides is 2. The van der Waals surface area contributed by atoms with Crippen molar-refractivity contribution in [3.63, 3.8) is 0 Å². The first kappa shape index (κ1) is 19.9. The third-order valence-electron chi connectivity index (χ3n) is 4.04. The van der Waals surface area contributed by atoms with Crippen molar-refractivity contribution in [3.05, 3.63) is 70.2 Å². The van der Waals surface area contributed by atoms with Crippen molar-refractivity contribution in [2.24, 2.45) is 0 Å². The Morgan fingerprint density at radius 2 is 1.69 bits per heavy atom. The molecule has 138 valence electrons. The van der Waals surface area contributed by atoms with Gasteiger partial charge in [-0.15, -0.1) is 0 Å². The van der Waals surface area contributed by atoms with E-state index in [4.69, 9.17) is 11.6 Å². The maximum atomic E-state index is 12.4. The first-order chi connectivity index (χ1) is 12.4. The molecule has 1 N–H and O–H groups in total. The molecule has 0 saturated heterocycles. The molecule has 0 atom stereocenters. The molecule has 2 amide bonds. The lowest BCUT2D eigenvalue weighted by molar-refractivity contribution is -0.131. The molecule has 0 bridgehead atoms. The van der Waals surface area contributed by atoms with Crippen molar-refractivity contribution in [3.8, 4) is 0 Å². The van der Waals surface area contributed by atoms with Crippen molar-refractivity contribution in [1.82, 2.24) is 15.1 Å². The topological polar surface area (TPSA) is 52.7 Å². The first-order valence-electron chi connectivity index (χ1n) is 8.37. The molecular formula is C20H24ClN3O2. The molecule has 0 aliphatic heterocycles. The number of benzene rings is 2. The highest BCUT2D eigenvalue weighted by atomic mass is 35.5. The van der Waals surface area contributed by atoms with Crippen molar-refractivity contribution < 1.29 is 9.59 Å². The highest BCUT2D eigenvalue weighted by molar-refractivity contribution is 6.30. The summed E-state index contributed by atoms with van der Waals surface area (Å²) in [5, 5.41) is 3.26. The fraction of sp³-hybridized carbons (Fsp3) is 0.300. The van der Waals surface area contributed by atoms with E-state index in [1.54, 1.807) is 31.1 Å². The average Bonchev–Trinajstić information content (AvgIpc) is 2.61. The second-order valence-electron chi connectivity index (χ2n) is 6.33. The van der Waals surface area contributed by atoms with Crippen LogP contribution < -0.4 is 5.32 Å². The SMILES string of the molecule is CNC(=O)c1ccc(CN(C)CC(=O)N(C)Cc2cccc(Cl)c2)cc1. The van der Waals surface area contributed by atoms with Crippen molar-refractivity contribution >= 4 is 23.4 Å². The van der Waals surface area contributed by atoms with Gasteiger partial charge in [-0.3, -0.25) is 14.5 Å². The minimum atomic E-state index is -0.109. The zero-order valence-corrected chi connectivity index (χ0v) is 16.1. The van der Waals surface area contributed by atoms with Crippen molar-refractivity contribution in [2.45, 2.75) is 13.1 Å². The van der Waals surface area contributed by atoms with E-state index >= 15 is 0 Å². The minimum Gasteiger partial charge on any atom is -0.355 e. The Hall–Kier alpha value is -2.37. The molecule has 0 saturated carbocycles. The predicted octanol–water partition coefficient (Wildman–Crippen LogP) is 2.79. The highest BCUT2D eigenvalue weighted by Gasteiger charge is 2.13. The Kier molecular flexibility index (Phi) is 7.18. The molecular weight excluding hydrogens is 350 g/mol. The summed E-state index contributed by atoms with van der Waals surface area (Å²) in [7, 11) is 5.29. The molecule has 0 aromatic heterocycles. The Morgan fingerprint density at radius 3 is 2.31 bits per heavy atom. The van der Waals surface area contributed by atoms with Gasteiger partial charge in [0.15, 0.2) is 0 Å². The van der Waals surface area contributed by atoms with E-state index in [-0.39, 0.29) is 11.8 Å². The predicted molar refractivity (Wildman–Crippen MR) is 104 cm³/mol. The number of carbonyl (C=O) groups excluding carboxylic acids is 2. The van der Waals surface area contributed by atoms with Gasteiger partial charge < -0.3 is 10.2 Å². The van der Waals surface area contributed by atoms with Crippen LogP contribution in [0, 0.1) is 0 Å². The van der Waals surface area contributed by atoms with Gasteiger partial charge in [0.05, 0.1) is 6.54 Å². The number of nitrogens with one attached hydrogen (secondary N) is 1. The van der Waals surface area contributed by atoms with Crippen molar-refractivity contribution in [1.29, 1.82) is 0 Å². The number of nitrogens with zero attached hydrogens (tertiary/aromatic N) is 2. The molecule has 6 heteroatoms. The van der Waals surface area contributed by atoms with Gasteiger partial charge >= 0.3 is 0 Å². The standard InChI is InChI=1S/C20H24ClN3O2/c1-22-20(26)17-9-7-15(8-10-17)12-23(2)14-19(25)24(3)13-16-5-4-6-18(21)11-16/h4-11H,12-14H2,1-3H3,(H,22,26). The van der Waals surface area contributed by atoms with Gasteiger partial charge in [0.1, 0.15) is 0 Å². The van der Waals surface area contributed by atoms with Gasteiger partial charge in [-0.2, -0.15) is 0 Å². The van der Waals surface area contributed by atoms with Gasteiger partial charge in [-0.25, -0.2) is 0 Å². The summed E-state index contributed by atoms with van der Waals surface area (Å²) < 4.78 is 0. The number of likely N-dealkylation sites (N-methyl/N-ethyl adjacent to an activating group) is 2. The Bertz CT molecular complexity index is 762. The monoisotopic (exact) mass is 373 g/mol. The zero-order chi connectivity index (χ0) is 19.1. The van der Waals surface area contributed by atoms with E-state index in [1.165, 1.54) is 0 Å². The van der Waals surface area contributed by atoms with Crippen LogP contribution >= 0.6 is 11.6 Å². The minimum absolute atomic E-state index is 0.0365. The Labute approximate surface area is 159 Å². The summed E-state index contributed by atoms with van der Waals surface area (Å²) in [6.07, 6.45) is 0. The summed E-state index contributed by atoms with van der Waals surface area (Å²) in [5.41, 5.74) is 2.67. The third-order valence-corrected chi connectivity index (χ3v) is 4.27. The highest BCUT2D eigenvalue weighted by Crippen LogP contribution is 2.12. The fourth-order valence-corrected chi connectivity index (χ4v) is 2.84. The van der Waals surface area contributed by atoms with E-state index in [9.17, 15) is 9.59 Å². The molecule has 2 aromatic carbocycles. The second kappa shape index (κ2) is 9.36. The van der Waals surface area contributed by atoms with Crippen LogP contribution in [0.25, 0.3) is 0 Å². The molecule has 26 heavy (non-hydrogen) atoms. The number of hydrogen-bond donors (Lipinski definition) is 1. The number of carbonyl (C=O) groups is 2. The van der Waals surface area contributed by atoms with Gasteiger partial charge in [-0.05, 0) is 42.4 Å². The van der Waals surface area contributed by atoms with Crippen LogP contribution in [0.15, 0.2) is 48.5 Å². The van der Waals surface area contributed by atoms with Gasteiger partial charge in [0.2, 0.25) is 5.91 Å². The fourth-order valence-electron chi connectivity index (χ4n) is 2.62. The first-order valence-corrected chi connectivity index (χ1v) is 8.75. The molecule has 0 fully saturated rings. The van der Waals surface area contributed by atoms with Crippen LogP contribution in [0.3, 0.4) is 0 Å². The zero-order valence-electron chi connectivity index (χ0n) is 15.3. The molecule has 0 aliphatic rings. The molecule has 2 rings (SSSR count). The molecule has 0 unspecified atom stereocenters. The quantitative estimate of drug-likeness (QED) is 0.812. The summed E-state index contributed by atoms with van der Waals surface area (Å²) in [6, 6.07) is 14.9. The lowest BCUT2D eigenvalue weighted by atomic mass is 10.1. The molecule has 5 nitrogen and oxygen atoms in total.